The van der Waals surface area contributed by atoms with Gasteiger partial charge in [0.25, 0.3) is 0 Å². The standard InChI is InChI=1S/C12H12N2O/c13-9-11-12(7-4-8-14-11)15-10-5-2-1-3-6-10/h1-8H,9,13H2. The Labute approximate surface area is 88.5 Å². The van der Waals surface area contributed by atoms with Gasteiger partial charge in [0.15, 0.2) is 0 Å². The van der Waals surface area contributed by atoms with Gasteiger partial charge in [-0.05, 0) is 24.3 Å². The number of benzene rings is 1. The van der Waals surface area contributed by atoms with E-state index in [9.17, 15) is 0 Å². The molecule has 3 nitrogen and oxygen atoms in total. The number of hydrogen-bond donors (Lipinski definition) is 1. The van der Waals surface area contributed by atoms with Gasteiger partial charge in [0.1, 0.15) is 11.5 Å². The molecule has 0 spiro atoms. The number of rotatable bonds is 3. The summed E-state index contributed by atoms with van der Waals surface area (Å²) in [7, 11) is 0. The van der Waals surface area contributed by atoms with Gasteiger partial charge >= 0.3 is 0 Å². The minimum absolute atomic E-state index is 0.378. The van der Waals surface area contributed by atoms with Crippen LogP contribution in [0.4, 0.5) is 0 Å². The van der Waals surface area contributed by atoms with Crippen LogP contribution in [0.1, 0.15) is 5.69 Å². The Morgan fingerprint density at radius 3 is 2.60 bits per heavy atom. The summed E-state index contributed by atoms with van der Waals surface area (Å²) < 4.78 is 5.66. The number of ether oxygens (including phenoxy) is 1. The quantitative estimate of drug-likeness (QED) is 0.827. The fraction of sp³-hybridized carbons (Fsp3) is 0.0833. The van der Waals surface area contributed by atoms with Crippen molar-refractivity contribution in [3.63, 3.8) is 0 Å². The molecule has 2 rings (SSSR count). The fourth-order valence-electron chi connectivity index (χ4n) is 1.28. The van der Waals surface area contributed by atoms with Gasteiger partial charge < -0.3 is 10.5 Å². The van der Waals surface area contributed by atoms with E-state index in [-0.39, 0.29) is 0 Å². The van der Waals surface area contributed by atoms with Crippen molar-refractivity contribution in [2.75, 3.05) is 0 Å². The zero-order valence-corrected chi connectivity index (χ0v) is 8.26. The average Bonchev–Trinajstić information content (AvgIpc) is 2.31. The van der Waals surface area contributed by atoms with Crippen LogP contribution in [0.5, 0.6) is 11.5 Å². The van der Waals surface area contributed by atoms with E-state index in [1.807, 2.05) is 42.5 Å². The van der Waals surface area contributed by atoms with Crippen molar-refractivity contribution in [3.05, 3.63) is 54.4 Å². The monoisotopic (exact) mass is 200 g/mol. The van der Waals surface area contributed by atoms with Gasteiger partial charge in [-0.15, -0.1) is 0 Å². The number of nitrogens with two attached hydrogens (primary N) is 1. The Balaban J connectivity index is 2.24. The maximum absolute atomic E-state index is 5.66. The summed E-state index contributed by atoms with van der Waals surface area (Å²) in [4.78, 5) is 4.14. The van der Waals surface area contributed by atoms with E-state index in [1.165, 1.54) is 0 Å². The zero-order valence-electron chi connectivity index (χ0n) is 8.26. The summed E-state index contributed by atoms with van der Waals surface area (Å²) in [5, 5.41) is 0. The second-order valence-electron chi connectivity index (χ2n) is 3.07. The molecule has 0 radical (unpaired) electrons. The van der Waals surface area contributed by atoms with E-state index < -0.39 is 0 Å². The summed E-state index contributed by atoms with van der Waals surface area (Å²) in [6.07, 6.45) is 1.71. The molecule has 1 heterocycles. The third-order valence-electron chi connectivity index (χ3n) is 2.01. The minimum atomic E-state index is 0.378. The molecule has 0 saturated heterocycles. The van der Waals surface area contributed by atoms with Crippen molar-refractivity contribution in [2.45, 2.75) is 6.54 Å². The van der Waals surface area contributed by atoms with Crippen molar-refractivity contribution in [3.8, 4) is 11.5 Å². The number of hydrogen-bond acceptors (Lipinski definition) is 3. The third kappa shape index (κ3) is 2.33. The van der Waals surface area contributed by atoms with E-state index in [0.29, 0.717) is 12.3 Å². The fourth-order valence-corrected chi connectivity index (χ4v) is 1.28. The molecule has 0 atom stereocenters. The van der Waals surface area contributed by atoms with Gasteiger partial charge in [-0.3, -0.25) is 4.98 Å². The molecule has 0 bridgehead atoms. The summed E-state index contributed by atoms with van der Waals surface area (Å²) in [6, 6.07) is 13.3. The van der Waals surface area contributed by atoms with Crippen molar-refractivity contribution >= 4 is 0 Å². The van der Waals surface area contributed by atoms with Crippen molar-refractivity contribution < 1.29 is 4.74 Å². The normalized spacial score (nSPS) is 9.93. The Morgan fingerprint density at radius 1 is 1.07 bits per heavy atom. The highest BCUT2D eigenvalue weighted by molar-refractivity contribution is 5.33. The predicted octanol–water partition coefficient (Wildman–Crippen LogP) is 2.33. The van der Waals surface area contributed by atoms with Crippen LogP contribution in [0, 0.1) is 0 Å². The molecule has 1 aromatic heterocycles. The molecule has 3 heteroatoms. The first kappa shape index (κ1) is 9.68. The van der Waals surface area contributed by atoms with Crippen LogP contribution in [-0.2, 0) is 6.54 Å². The lowest BCUT2D eigenvalue weighted by Crippen LogP contribution is -2.01. The molecule has 2 N–H and O–H groups in total. The molecule has 0 saturated carbocycles. The van der Waals surface area contributed by atoms with Gasteiger partial charge in [-0.25, -0.2) is 0 Å². The molecular formula is C12H12N2O. The number of pyridine rings is 1. The Hall–Kier alpha value is -1.87. The smallest absolute Gasteiger partial charge is 0.150 e. The first-order valence-electron chi connectivity index (χ1n) is 4.77. The Kier molecular flexibility index (Phi) is 2.95. The van der Waals surface area contributed by atoms with Gasteiger partial charge in [-0.2, -0.15) is 0 Å². The number of nitrogens with zero attached hydrogens (tertiary/aromatic N) is 1. The van der Waals surface area contributed by atoms with Crippen LogP contribution in [0.15, 0.2) is 48.7 Å². The van der Waals surface area contributed by atoms with E-state index in [4.69, 9.17) is 10.5 Å². The van der Waals surface area contributed by atoms with Gasteiger partial charge in [-0.1, -0.05) is 18.2 Å². The molecule has 0 aliphatic carbocycles. The van der Waals surface area contributed by atoms with Crippen molar-refractivity contribution in [1.82, 2.24) is 4.98 Å². The second kappa shape index (κ2) is 4.57. The predicted molar refractivity (Wildman–Crippen MR) is 58.6 cm³/mol. The molecule has 0 fully saturated rings. The maximum Gasteiger partial charge on any atom is 0.150 e. The Morgan fingerprint density at radius 2 is 1.87 bits per heavy atom. The molecule has 0 aliphatic rings. The highest BCUT2D eigenvalue weighted by atomic mass is 16.5. The van der Waals surface area contributed by atoms with Crippen molar-refractivity contribution in [2.24, 2.45) is 5.73 Å². The zero-order chi connectivity index (χ0) is 10.5. The van der Waals surface area contributed by atoms with Crippen LogP contribution in [-0.4, -0.2) is 4.98 Å². The summed E-state index contributed by atoms with van der Waals surface area (Å²) in [5.74, 6) is 1.51. The van der Waals surface area contributed by atoms with Crippen LogP contribution >= 0.6 is 0 Å². The molecule has 2 aromatic rings. The highest BCUT2D eigenvalue weighted by Crippen LogP contribution is 2.22. The summed E-state index contributed by atoms with van der Waals surface area (Å²) in [5.41, 5.74) is 6.33. The average molecular weight is 200 g/mol. The lowest BCUT2D eigenvalue weighted by atomic mass is 10.3. The van der Waals surface area contributed by atoms with E-state index in [2.05, 4.69) is 4.98 Å². The second-order valence-corrected chi connectivity index (χ2v) is 3.07. The minimum Gasteiger partial charge on any atom is -0.455 e. The molecule has 1 aromatic carbocycles. The number of aromatic nitrogens is 1. The SMILES string of the molecule is NCc1ncccc1Oc1ccccc1. The Bertz CT molecular complexity index is 429. The topological polar surface area (TPSA) is 48.1 Å². The first-order valence-corrected chi connectivity index (χ1v) is 4.77. The molecular weight excluding hydrogens is 188 g/mol. The van der Waals surface area contributed by atoms with Crippen molar-refractivity contribution in [1.29, 1.82) is 0 Å². The number of para-hydroxylation sites is 1. The van der Waals surface area contributed by atoms with E-state index >= 15 is 0 Å². The summed E-state index contributed by atoms with van der Waals surface area (Å²) in [6.45, 7) is 0.378. The molecule has 15 heavy (non-hydrogen) atoms. The molecule has 0 aliphatic heterocycles. The van der Waals surface area contributed by atoms with Crippen LogP contribution < -0.4 is 10.5 Å². The van der Waals surface area contributed by atoms with Gasteiger partial charge in [0, 0.05) is 12.7 Å². The molecule has 0 amide bonds. The van der Waals surface area contributed by atoms with Gasteiger partial charge in [0.2, 0.25) is 0 Å². The highest BCUT2D eigenvalue weighted by Gasteiger charge is 2.02. The summed E-state index contributed by atoms with van der Waals surface area (Å²) >= 11 is 0. The largest absolute Gasteiger partial charge is 0.455 e. The van der Waals surface area contributed by atoms with Crippen LogP contribution in [0.2, 0.25) is 0 Å². The van der Waals surface area contributed by atoms with E-state index in [0.717, 1.165) is 11.4 Å². The first-order chi connectivity index (χ1) is 7.40. The lowest BCUT2D eigenvalue weighted by Gasteiger charge is -2.08. The molecule has 76 valence electrons. The maximum atomic E-state index is 5.66. The van der Waals surface area contributed by atoms with Crippen LogP contribution in [0.3, 0.4) is 0 Å². The van der Waals surface area contributed by atoms with Gasteiger partial charge in [0.05, 0.1) is 5.69 Å². The molecule has 0 unspecified atom stereocenters. The lowest BCUT2D eigenvalue weighted by molar-refractivity contribution is 0.472. The third-order valence-corrected chi connectivity index (χ3v) is 2.01. The van der Waals surface area contributed by atoms with Crippen LogP contribution in [0.25, 0.3) is 0 Å². The van der Waals surface area contributed by atoms with E-state index in [1.54, 1.807) is 6.20 Å².